The molecule has 2 aliphatic rings. The van der Waals surface area contributed by atoms with Gasteiger partial charge in [-0.1, -0.05) is 6.08 Å². The van der Waals surface area contributed by atoms with Crippen LogP contribution in [0.5, 0.6) is 0 Å². The standard InChI is InChI=1S/C12H18FN5O7S.Li.H/c1-6-4-7-5-17(12(22)18(7)25-9(13)11(20)21)8(6)10(19)15-2-3-16-26(14,23)24;;/h4,7-9,16H,2-3,5H2,1H3,(H,15,19)(H,20,21)(H2,14,23,24);;/q;+1;-1/t7-,8+,9-;;/m1../s1. The maximum Gasteiger partial charge on any atom is 1.00 e. The molecule has 3 atom stereocenters. The summed E-state index contributed by atoms with van der Waals surface area (Å²) in [7, 11) is -3.89. The summed E-state index contributed by atoms with van der Waals surface area (Å²) < 4.78 is 36.7. The zero-order valence-corrected chi connectivity index (χ0v) is 15.4. The van der Waals surface area contributed by atoms with Crippen molar-refractivity contribution in [1.29, 1.82) is 0 Å². The van der Waals surface area contributed by atoms with Gasteiger partial charge in [0.15, 0.2) is 0 Å². The molecule has 0 unspecified atom stereocenters. The number of alkyl halides is 1. The summed E-state index contributed by atoms with van der Waals surface area (Å²) in [5.41, 5.74) is 0.475. The minimum atomic E-state index is -3.89. The zero-order chi connectivity index (χ0) is 19.6. The Bertz CT molecular complexity index is 755. The second-order valence-corrected chi connectivity index (χ2v) is 7.01. The minimum Gasteiger partial charge on any atom is -1.00 e. The second-order valence-electron chi connectivity index (χ2n) is 5.63. The fourth-order valence-corrected chi connectivity index (χ4v) is 3.08. The number of aliphatic carboxylic acids is 1. The van der Waals surface area contributed by atoms with Gasteiger partial charge < -0.3 is 16.7 Å². The summed E-state index contributed by atoms with van der Waals surface area (Å²) in [6, 6.07) is -2.59. The largest absolute Gasteiger partial charge is 1.00 e. The number of carboxylic acids is 1. The van der Waals surface area contributed by atoms with E-state index in [0.29, 0.717) is 10.6 Å². The van der Waals surface area contributed by atoms with Crippen LogP contribution in [0.2, 0.25) is 0 Å². The van der Waals surface area contributed by atoms with E-state index < -0.39 is 46.6 Å². The molecule has 0 aromatic carbocycles. The molecule has 0 aromatic rings. The van der Waals surface area contributed by atoms with E-state index in [2.05, 4.69) is 10.2 Å². The minimum absolute atomic E-state index is 0. The van der Waals surface area contributed by atoms with E-state index >= 15 is 0 Å². The number of halogens is 1. The Labute approximate surface area is 167 Å². The van der Waals surface area contributed by atoms with E-state index in [1.807, 2.05) is 4.72 Å². The molecule has 12 nitrogen and oxygen atoms in total. The first-order chi connectivity index (χ1) is 12.0. The maximum absolute atomic E-state index is 13.3. The number of urea groups is 1. The average Bonchev–Trinajstić information content (AvgIpc) is 2.75. The van der Waals surface area contributed by atoms with E-state index in [4.69, 9.17) is 10.2 Å². The van der Waals surface area contributed by atoms with Gasteiger partial charge in [-0.05, 0) is 12.5 Å². The maximum atomic E-state index is 13.3. The molecular weight excluding hydrogens is 384 g/mol. The van der Waals surface area contributed by atoms with Crippen molar-refractivity contribution in [1.82, 2.24) is 20.0 Å². The molecule has 2 heterocycles. The molecule has 148 valence electrons. The molecule has 27 heavy (non-hydrogen) atoms. The Balaban J connectivity index is 0.00000364. The third-order valence-corrected chi connectivity index (χ3v) is 4.30. The molecule has 5 N–H and O–H groups in total. The van der Waals surface area contributed by atoms with E-state index in [1.54, 1.807) is 6.92 Å². The van der Waals surface area contributed by atoms with Crippen LogP contribution in [0.15, 0.2) is 11.6 Å². The van der Waals surface area contributed by atoms with Crippen LogP contribution in [0.4, 0.5) is 9.18 Å². The molecule has 1 saturated heterocycles. The Kier molecular flexibility index (Phi) is 7.78. The Morgan fingerprint density at radius 3 is 2.70 bits per heavy atom. The number of amides is 3. The molecule has 0 aliphatic carbocycles. The van der Waals surface area contributed by atoms with Crippen LogP contribution in [0.25, 0.3) is 0 Å². The van der Waals surface area contributed by atoms with E-state index in [-0.39, 0.29) is 39.9 Å². The molecule has 0 saturated carbocycles. The quantitative estimate of drug-likeness (QED) is 0.178. The predicted octanol–water partition coefficient (Wildman–Crippen LogP) is -5.24. The van der Waals surface area contributed by atoms with Crippen LogP contribution < -0.4 is 34.0 Å². The van der Waals surface area contributed by atoms with Crippen LogP contribution >= 0.6 is 0 Å². The summed E-state index contributed by atoms with van der Waals surface area (Å²) in [6.45, 7) is 1.37. The van der Waals surface area contributed by atoms with Crippen molar-refractivity contribution in [2.75, 3.05) is 19.6 Å². The fraction of sp³-hybridized carbons (Fsp3) is 0.583. The van der Waals surface area contributed by atoms with Gasteiger partial charge in [0.2, 0.25) is 5.91 Å². The van der Waals surface area contributed by atoms with E-state index in [1.165, 1.54) is 6.08 Å². The fourth-order valence-electron chi connectivity index (χ4n) is 2.69. The summed E-state index contributed by atoms with van der Waals surface area (Å²) in [4.78, 5) is 40.8. The molecule has 1 fully saturated rings. The summed E-state index contributed by atoms with van der Waals surface area (Å²) >= 11 is 0. The molecule has 0 radical (unpaired) electrons. The third-order valence-electron chi connectivity index (χ3n) is 3.69. The summed E-state index contributed by atoms with van der Waals surface area (Å²) in [6.07, 6.45) is -1.22. The molecular formula is C12H19FLiN5O7S. The van der Waals surface area contributed by atoms with Gasteiger partial charge in [-0.3, -0.25) is 4.79 Å². The van der Waals surface area contributed by atoms with Gasteiger partial charge in [0, 0.05) is 13.1 Å². The number of hydroxylamine groups is 2. The van der Waals surface area contributed by atoms with Crippen molar-refractivity contribution in [3.8, 4) is 0 Å². The number of carbonyl (C=O) groups is 3. The molecule has 15 heteroatoms. The number of nitrogens with one attached hydrogen (secondary N) is 2. The third kappa shape index (κ3) is 5.64. The molecule has 3 amide bonds. The molecule has 2 aliphatic heterocycles. The number of hydrogen-bond acceptors (Lipinski definition) is 6. The van der Waals surface area contributed by atoms with Crippen molar-refractivity contribution in [2.45, 2.75) is 25.4 Å². The number of nitrogens with two attached hydrogens (primary N) is 1. The average molecular weight is 403 g/mol. The molecule has 0 aromatic heterocycles. The number of nitrogens with zero attached hydrogens (tertiary/aromatic N) is 2. The van der Waals surface area contributed by atoms with Gasteiger partial charge in [-0.15, -0.1) is 0 Å². The Morgan fingerprint density at radius 2 is 2.15 bits per heavy atom. The second kappa shape index (κ2) is 9.00. The smallest absolute Gasteiger partial charge is 1.00 e. The van der Waals surface area contributed by atoms with Crippen molar-refractivity contribution in [3.63, 3.8) is 0 Å². The first kappa shape index (κ1) is 23.3. The molecule has 2 rings (SSSR count). The van der Waals surface area contributed by atoms with Crippen LogP contribution in [0, 0.1) is 0 Å². The molecule has 2 bridgehead atoms. The number of fused-ring (bicyclic) bond motifs is 2. The van der Waals surface area contributed by atoms with Gasteiger partial charge >= 0.3 is 37.2 Å². The van der Waals surface area contributed by atoms with Crippen molar-refractivity contribution in [3.05, 3.63) is 11.6 Å². The van der Waals surface area contributed by atoms with Gasteiger partial charge in [-0.2, -0.15) is 13.5 Å². The monoisotopic (exact) mass is 403 g/mol. The van der Waals surface area contributed by atoms with E-state index in [9.17, 15) is 27.2 Å². The van der Waals surface area contributed by atoms with Crippen molar-refractivity contribution in [2.24, 2.45) is 5.14 Å². The van der Waals surface area contributed by atoms with Gasteiger partial charge in [0.25, 0.3) is 10.2 Å². The first-order valence-electron chi connectivity index (χ1n) is 7.38. The summed E-state index contributed by atoms with van der Waals surface area (Å²) in [5.74, 6) is -2.47. The zero-order valence-electron chi connectivity index (χ0n) is 15.6. The van der Waals surface area contributed by atoms with E-state index in [0.717, 1.165) is 4.90 Å². The Morgan fingerprint density at radius 1 is 1.52 bits per heavy atom. The first-order valence-corrected chi connectivity index (χ1v) is 8.93. The molecule has 0 spiro atoms. The van der Waals surface area contributed by atoms with Gasteiger partial charge in [0.1, 0.15) is 6.04 Å². The SMILES string of the molecule is CC1=C[C@@H]2CN(C(=O)N2O[C@@H](F)C(=O)O)[C@@H]1C(=O)NCCNS(N)(=O)=O.[H-].[Li+]. The number of carbonyl (C=O) groups excluding carboxylic acids is 2. The van der Waals surface area contributed by atoms with Crippen molar-refractivity contribution < 1.29 is 57.4 Å². The topological polar surface area (TPSA) is 171 Å². The van der Waals surface area contributed by atoms with Gasteiger partial charge in [-0.25, -0.2) is 28.7 Å². The predicted molar refractivity (Wildman–Crippen MR) is 84.1 cm³/mol. The van der Waals surface area contributed by atoms with Gasteiger partial charge in [0.05, 0.1) is 12.6 Å². The Hall–Kier alpha value is -1.69. The van der Waals surface area contributed by atoms with Crippen LogP contribution in [0.3, 0.4) is 0 Å². The number of hydrogen-bond donors (Lipinski definition) is 4. The normalized spacial score (nSPS) is 22.8. The van der Waals surface area contributed by atoms with Crippen LogP contribution in [-0.4, -0.2) is 79.5 Å². The summed E-state index contributed by atoms with van der Waals surface area (Å²) in [5, 5.41) is 16.3. The number of rotatable bonds is 8. The number of carboxylic acid groups (broad SMARTS) is 1. The van der Waals surface area contributed by atoms with Crippen molar-refractivity contribution >= 4 is 28.1 Å². The van der Waals surface area contributed by atoms with Crippen LogP contribution in [0.1, 0.15) is 8.35 Å². The van der Waals surface area contributed by atoms with Crippen LogP contribution in [-0.2, 0) is 24.6 Å².